The fourth-order valence-corrected chi connectivity index (χ4v) is 3.17. The summed E-state index contributed by atoms with van der Waals surface area (Å²) in [5.41, 5.74) is 0. The summed E-state index contributed by atoms with van der Waals surface area (Å²) in [7, 11) is 0. The van der Waals surface area contributed by atoms with Crippen molar-refractivity contribution >= 4 is 11.8 Å². The topological polar surface area (TPSA) is 51.0 Å². The minimum atomic E-state index is 0.634. The quantitative estimate of drug-likeness (QED) is 0.857. The van der Waals surface area contributed by atoms with E-state index in [-0.39, 0.29) is 0 Å². The maximum Gasteiger partial charge on any atom is 0.276 e. The number of aryl methyl sites for hydroxylation is 1. The molecule has 0 spiro atoms. The Hall–Kier alpha value is -0.550. The van der Waals surface area contributed by atoms with Crippen LogP contribution in [0.5, 0.6) is 0 Å². The van der Waals surface area contributed by atoms with Crippen LogP contribution in [-0.4, -0.2) is 28.0 Å². The van der Waals surface area contributed by atoms with Gasteiger partial charge in [0.2, 0.25) is 5.89 Å². The van der Waals surface area contributed by atoms with Gasteiger partial charge in [0, 0.05) is 18.2 Å². The van der Waals surface area contributed by atoms with Gasteiger partial charge in [-0.25, -0.2) is 0 Å². The Kier molecular flexibility index (Phi) is 4.23. The van der Waals surface area contributed by atoms with E-state index in [1.807, 2.05) is 6.92 Å². The molecule has 0 aliphatic heterocycles. The highest BCUT2D eigenvalue weighted by Gasteiger charge is 2.26. The third-order valence-electron chi connectivity index (χ3n) is 2.84. The van der Waals surface area contributed by atoms with Gasteiger partial charge in [-0.3, -0.25) is 0 Å². The maximum atomic E-state index is 5.38. The summed E-state index contributed by atoms with van der Waals surface area (Å²) >= 11 is 1.73. The molecule has 0 amide bonds. The average Bonchev–Trinajstić information content (AvgIpc) is 2.86. The number of hydrogen-bond acceptors (Lipinski definition) is 5. The van der Waals surface area contributed by atoms with Crippen LogP contribution in [0.4, 0.5) is 0 Å². The third kappa shape index (κ3) is 3.22. The van der Waals surface area contributed by atoms with E-state index in [0.717, 1.165) is 11.8 Å². The highest BCUT2D eigenvalue weighted by Crippen LogP contribution is 2.34. The number of nitrogens with one attached hydrogen (secondary N) is 1. The molecule has 1 aliphatic carbocycles. The first kappa shape index (κ1) is 11.9. The molecule has 4 nitrogen and oxygen atoms in total. The Labute approximate surface area is 101 Å². The van der Waals surface area contributed by atoms with E-state index in [9.17, 15) is 0 Å². The predicted molar refractivity (Wildman–Crippen MR) is 64.6 cm³/mol. The molecule has 2 rings (SSSR count). The van der Waals surface area contributed by atoms with E-state index >= 15 is 0 Å². The van der Waals surface area contributed by atoms with Crippen molar-refractivity contribution in [1.29, 1.82) is 0 Å². The lowest BCUT2D eigenvalue weighted by molar-refractivity contribution is 0.428. The molecule has 1 aromatic heterocycles. The summed E-state index contributed by atoms with van der Waals surface area (Å²) in [6, 6.07) is 0.682. The molecule has 16 heavy (non-hydrogen) atoms. The van der Waals surface area contributed by atoms with Crippen molar-refractivity contribution in [2.75, 3.05) is 6.54 Å². The Morgan fingerprint density at radius 1 is 1.44 bits per heavy atom. The van der Waals surface area contributed by atoms with Gasteiger partial charge in [0.1, 0.15) is 0 Å². The van der Waals surface area contributed by atoms with Gasteiger partial charge in [0.15, 0.2) is 0 Å². The molecule has 1 aliphatic rings. The van der Waals surface area contributed by atoms with Gasteiger partial charge in [-0.1, -0.05) is 18.7 Å². The number of hydrogen-bond donors (Lipinski definition) is 1. The molecule has 0 aromatic carbocycles. The van der Waals surface area contributed by atoms with Gasteiger partial charge < -0.3 is 9.73 Å². The third-order valence-corrected chi connectivity index (χ3v) is 3.97. The van der Waals surface area contributed by atoms with Gasteiger partial charge in [0.25, 0.3) is 5.22 Å². The first-order chi connectivity index (χ1) is 7.78. The largest absolute Gasteiger partial charge is 0.416 e. The van der Waals surface area contributed by atoms with Gasteiger partial charge in [-0.2, -0.15) is 0 Å². The monoisotopic (exact) mass is 241 g/mol. The smallest absolute Gasteiger partial charge is 0.276 e. The van der Waals surface area contributed by atoms with Gasteiger partial charge in [0.05, 0.1) is 0 Å². The summed E-state index contributed by atoms with van der Waals surface area (Å²) in [4.78, 5) is 0. The average molecular weight is 241 g/mol. The van der Waals surface area contributed by atoms with Crippen molar-refractivity contribution < 1.29 is 4.42 Å². The summed E-state index contributed by atoms with van der Waals surface area (Å²) < 4.78 is 5.38. The fourth-order valence-electron chi connectivity index (χ4n) is 2.05. The zero-order valence-corrected chi connectivity index (χ0v) is 10.7. The molecular weight excluding hydrogens is 222 g/mol. The minimum absolute atomic E-state index is 0.634. The standard InChI is InChI=1S/C11H19N3OS/c1-3-6-12-9-4-5-10(7-9)16-11-14-13-8(2)15-11/h9-10,12H,3-7H2,1-2H3. The number of rotatable bonds is 5. The number of thioether (sulfide) groups is 1. The zero-order valence-electron chi connectivity index (χ0n) is 9.90. The Morgan fingerprint density at radius 3 is 3.00 bits per heavy atom. The molecule has 0 saturated heterocycles. The van der Waals surface area contributed by atoms with E-state index in [2.05, 4.69) is 22.4 Å². The van der Waals surface area contributed by atoms with Crippen LogP contribution in [0.3, 0.4) is 0 Å². The highest BCUT2D eigenvalue weighted by molar-refractivity contribution is 7.99. The van der Waals surface area contributed by atoms with Gasteiger partial charge in [-0.05, 0) is 32.2 Å². The van der Waals surface area contributed by atoms with Gasteiger partial charge in [-0.15, -0.1) is 10.2 Å². The van der Waals surface area contributed by atoms with Crippen molar-refractivity contribution in [2.24, 2.45) is 0 Å². The first-order valence-corrected chi connectivity index (χ1v) is 6.86. The second kappa shape index (κ2) is 5.68. The molecule has 1 saturated carbocycles. The summed E-state index contributed by atoms with van der Waals surface area (Å²) in [6.07, 6.45) is 4.93. The Morgan fingerprint density at radius 2 is 2.31 bits per heavy atom. The van der Waals surface area contributed by atoms with E-state index < -0.39 is 0 Å². The Balaban J connectivity index is 1.76. The van der Waals surface area contributed by atoms with Crippen LogP contribution in [0.2, 0.25) is 0 Å². The lowest BCUT2D eigenvalue weighted by Crippen LogP contribution is -2.27. The second-order valence-corrected chi connectivity index (χ2v) is 5.54. The van der Waals surface area contributed by atoms with E-state index in [1.165, 1.54) is 25.7 Å². The van der Waals surface area contributed by atoms with E-state index in [1.54, 1.807) is 11.8 Å². The van der Waals surface area contributed by atoms with Crippen LogP contribution in [-0.2, 0) is 0 Å². The summed E-state index contributed by atoms with van der Waals surface area (Å²) in [5.74, 6) is 0.654. The molecule has 5 heteroatoms. The van der Waals surface area contributed by atoms with Crippen molar-refractivity contribution in [3.8, 4) is 0 Å². The van der Waals surface area contributed by atoms with Crippen molar-refractivity contribution in [3.05, 3.63) is 5.89 Å². The van der Waals surface area contributed by atoms with Crippen LogP contribution in [0.25, 0.3) is 0 Å². The lowest BCUT2D eigenvalue weighted by Gasteiger charge is -2.11. The van der Waals surface area contributed by atoms with Crippen LogP contribution in [0.1, 0.15) is 38.5 Å². The van der Waals surface area contributed by atoms with E-state index in [0.29, 0.717) is 17.2 Å². The zero-order chi connectivity index (χ0) is 11.4. The van der Waals surface area contributed by atoms with Crippen molar-refractivity contribution in [2.45, 2.75) is 56.0 Å². The molecule has 2 unspecified atom stereocenters. The molecule has 1 fully saturated rings. The van der Waals surface area contributed by atoms with Crippen LogP contribution in [0, 0.1) is 6.92 Å². The Bertz CT molecular complexity index is 329. The van der Waals surface area contributed by atoms with Gasteiger partial charge >= 0.3 is 0 Å². The lowest BCUT2D eigenvalue weighted by atomic mass is 10.2. The minimum Gasteiger partial charge on any atom is -0.416 e. The molecule has 0 radical (unpaired) electrons. The molecule has 0 bridgehead atoms. The SMILES string of the molecule is CCCNC1CCC(Sc2nnc(C)o2)C1. The van der Waals surface area contributed by atoms with Crippen LogP contribution in [0.15, 0.2) is 9.64 Å². The molecule has 1 aromatic rings. The van der Waals surface area contributed by atoms with Crippen LogP contribution < -0.4 is 5.32 Å². The maximum absolute atomic E-state index is 5.38. The van der Waals surface area contributed by atoms with Crippen LogP contribution >= 0.6 is 11.8 Å². The molecule has 90 valence electrons. The predicted octanol–water partition coefficient (Wildman–Crippen LogP) is 2.39. The summed E-state index contributed by atoms with van der Waals surface area (Å²) in [5, 5.41) is 12.8. The van der Waals surface area contributed by atoms with Crippen molar-refractivity contribution in [1.82, 2.24) is 15.5 Å². The number of aromatic nitrogens is 2. The molecule has 1 heterocycles. The van der Waals surface area contributed by atoms with Crippen molar-refractivity contribution in [3.63, 3.8) is 0 Å². The highest BCUT2D eigenvalue weighted by atomic mass is 32.2. The normalized spacial score (nSPS) is 25.1. The second-order valence-electron chi connectivity index (χ2n) is 4.29. The molecular formula is C11H19N3OS. The molecule has 2 atom stereocenters. The first-order valence-electron chi connectivity index (χ1n) is 5.98. The summed E-state index contributed by atoms with van der Waals surface area (Å²) in [6.45, 7) is 5.16. The number of nitrogens with zero attached hydrogens (tertiary/aromatic N) is 2. The fraction of sp³-hybridized carbons (Fsp3) is 0.818. The molecule has 1 N–H and O–H groups in total. The van der Waals surface area contributed by atoms with E-state index in [4.69, 9.17) is 4.42 Å².